The second kappa shape index (κ2) is 10.2. The molecular weight excluding hydrogens is 574 g/mol. The third-order valence-electron chi connectivity index (χ3n) is 7.89. The van der Waals surface area contributed by atoms with Crippen molar-refractivity contribution >= 4 is 5.43 Å². The van der Waals surface area contributed by atoms with Crippen molar-refractivity contribution in [2.45, 2.75) is 67.5 Å². The van der Waals surface area contributed by atoms with Crippen LogP contribution in [0.4, 0.5) is 8.78 Å². The number of benzene rings is 2. The Kier molecular flexibility index (Phi) is 7.75. The van der Waals surface area contributed by atoms with E-state index in [2.05, 4.69) is 78.9 Å². The fourth-order valence-electron chi connectivity index (χ4n) is 5.51. The predicted octanol–water partition coefficient (Wildman–Crippen LogP) is 9.71. The second-order valence-corrected chi connectivity index (χ2v) is 36.9. The SMILES string of the molecule is C[Si](C)=[Zr]([O]c1ccc(F)cc1)([O]c1ccc(F)cc1)([C]1=CC(C(C)(C)C)=CC1)[C]1=CC=C(C(C)(C)C)C1. The average molecular weight is 614 g/mol. The summed E-state index contributed by atoms with van der Waals surface area (Å²) in [7, 11) is 0. The first-order valence-electron chi connectivity index (χ1n) is 13.3. The maximum atomic E-state index is 14.0. The predicted molar refractivity (Wildman–Crippen MR) is 152 cm³/mol. The molecule has 0 fully saturated rings. The van der Waals surface area contributed by atoms with E-state index in [9.17, 15) is 8.78 Å². The summed E-state index contributed by atoms with van der Waals surface area (Å²) in [5.74, 6) is 0.610. The van der Waals surface area contributed by atoms with Crippen molar-refractivity contribution < 1.29 is 32.7 Å². The maximum absolute atomic E-state index is 14.0. The van der Waals surface area contributed by atoms with Crippen molar-refractivity contribution in [1.82, 2.24) is 0 Å². The normalized spacial score (nSPS) is 16.5. The van der Waals surface area contributed by atoms with Crippen molar-refractivity contribution in [3.63, 3.8) is 0 Å². The van der Waals surface area contributed by atoms with Crippen LogP contribution in [-0.2, 0) is 18.3 Å². The summed E-state index contributed by atoms with van der Waals surface area (Å²) in [5.41, 5.74) is 1.24. The van der Waals surface area contributed by atoms with E-state index in [0.29, 0.717) is 11.5 Å². The molecule has 0 N–H and O–H groups in total. The van der Waals surface area contributed by atoms with Crippen molar-refractivity contribution in [1.29, 1.82) is 0 Å². The average Bonchev–Trinajstić information content (AvgIpc) is 3.53. The Bertz CT molecular complexity index is 1370. The molecule has 6 heteroatoms. The first kappa shape index (κ1) is 29.0. The van der Waals surface area contributed by atoms with Crippen LogP contribution in [0.3, 0.4) is 0 Å². The van der Waals surface area contributed by atoms with Crippen LogP contribution in [0.1, 0.15) is 54.4 Å². The molecule has 0 saturated carbocycles. The van der Waals surface area contributed by atoms with Crippen LogP contribution >= 0.6 is 0 Å². The van der Waals surface area contributed by atoms with E-state index >= 15 is 0 Å². The summed E-state index contributed by atoms with van der Waals surface area (Å²) >= 11 is -5.18. The third kappa shape index (κ3) is 5.23. The standard InChI is InChI=1S/2C9H13.2C6H5FO.C2H6Si.Zr/c2*1-9(2,3)8-6-4-5-7-8;2*7-5-1-3-6(8)4-2-5;1-3-2;/h6-7H,4H2,1-3H3;4,6H,7H2,1-3H3;2*1-4,8H;1-2H3;/q;;;;;+2/p-2. The van der Waals surface area contributed by atoms with E-state index < -0.39 is 23.7 Å². The Morgan fingerprint density at radius 3 is 1.58 bits per heavy atom. The number of hydrogen-bond donors (Lipinski definition) is 0. The first-order chi connectivity index (χ1) is 17.6. The third-order valence-corrected chi connectivity index (χ3v) is 38.6. The molecule has 0 aromatic heterocycles. The number of hydrogen-bond acceptors (Lipinski definition) is 2. The summed E-state index contributed by atoms with van der Waals surface area (Å²) in [5, 5.41) is 0. The topological polar surface area (TPSA) is 18.5 Å². The van der Waals surface area contributed by atoms with Gasteiger partial charge in [0.25, 0.3) is 0 Å². The molecule has 2 aliphatic carbocycles. The Morgan fingerprint density at radius 1 is 0.711 bits per heavy atom. The zero-order valence-electron chi connectivity index (χ0n) is 23.9. The Hall–Kier alpha value is -2.04. The number of halogens is 2. The molecule has 2 aliphatic rings. The van der Waals surface area contributed by atoms with Gasteiger partial charge >= 0.3 is 230 Å². The van der Waals surface area contributed by atoms with Crippen LogP contribution in [0.2, 0.25) is 13.1 Å². The van der Waals surface area contributed by atoms with Crippen LogP contribution in [0.25, 0.3) is 0 Å². The van der Waals surface area contributed by atoms with Crippen LogP contribution in [0.15, 0.2) is 90.5 Å². The van der Waals surface area contributed by atoms with Gasteiger partial charge in [0.05, 0.1) is 0 Å². The quantitative estimate of drug-likeness (QED) is 0.302. The minimum atomic E-state index is -5.18. The fraction of sp³-hybridized carbons (Fsp3) is 0.375. The van der Waals surface area contributed by atoms with Gasteiger partial charge in [-0.05, 0) is 0 Å². The summed E-state index contributed by atoms with van der Waals surface area (Å²) in [6, 6.07) is 12.6. The van der Waals surface area contributed by atoms with Gasteiger partial charge in [-0.25, -0.2) is 0 Å². The van der Waals surface area contributed by atoms with Crippen LogP contribution in [0.5, 0.6) is 11.5 Å². The molecule has 0 spiro atoms. The van der Waals surface area contributed by atoms with Crippen molar-refractivity contribution in [2.75, 3.05) is 0 Å². The van der Waals surface area contributed by atoms with Gasteiger partial charge in [-0.1, -0.05) is 0 Å². The number of rotatable bonds is 6. The molecule has 0 heterocycles. The van der Waals surface area contributed by atoms with E-state index in [1.54, 1.807) is 24.3 Å². The monoisotopic (exact) mass is 612 g/mol. The molecule has 0 aliphatic heterocycles. The Labute approximate surface area is 229 Å². The van der Waals surface area contributed by atoms with Gasteiger partial charge in [0.15, 0.2) is 0 Å². The van der Waals surface area contributed by atoms with Crippen molar-refractivity contribution in [2.24, 2.45) is 10.8 Å². The van der Waals surface area contributed by atoms with E-state index in [-0.39, 0.29) is 22.5 Å². The fourth-order valence-corrected chi connectivity index (χ4v) is 32.8. The molecule has 38 heavy (non-hydrogen) atoms. The molecule has 0 unspecified atom stereocenters. The van der Waals surface area contributed by atoms with Crippen molar-refractivity contribution in [3.05, 3.63) is 102 Å². The zero-order valence-corrected chi connectivity index (χ0v) is 27.4. The van der Waals surface area contributed by atoms with E-state index in [4.69, 9.17) is 5.63 Å². The molecule has 4 rings (SSSR count). The molecule has 0 amide bonds. The molecule has 0 atom stereocenters. The van der Waals surface area contributed by atoms with Gasteiger partial charge < -0.3 is 0 Å². The Morgan fingerprint density at radius 2 is 1.21 bits per heavy atom. The van der Waals surface area contributed by atoms with Gasteiger partial charge in [0.2, 0.25) is 0 Å². The summed E-state index contributed by atoms with van der Waals surface area (Å²) < 4.78 is 45.2. The van der Waals surface area contributed by atoms with Crippen LogP contribution in [0, 0.1) is 22.5 Å². The summed E-state index contributed by atoms with van der Waals surface area (Å²) in [6.07, 6.45) is 10.6. The van der Waals surface area contributed by atoms with E-state index in [0.717, 1.165) is 12.8 Å². The van der Waals surface area contributed by atoms with Crippen molar-refractivity contribution in [3.8, 4) is 11.5 Å². The first-order valence-corrected chi connectivity index (χ1v) is 24.0. The van der Waals surface area contributed by atoms with Gasteiger partial charge in [0, 0.05) is 0 Å². The van der Waals surface area contributed by atoms with Gasteiger partial charge in [-0.3, -0.25) is 0 Å². The van der Waals surface area contributed by atoms with E-state index in [1.807, 2.05) is 0 Å². The molecule has 0 saturated heterocycles. The molecule has 0 radical (unpaired) electrons. The molecular formula is C32H40F2O2SiZr. The van der Waals surface area contributed by atoms with Crippen LogP contribution < -0.4 is 5.63 Å². The number of allylic oxidation sites excluding steroid dienone is 8. The second-order valence-electron chi connectivity index (χ2n) is 12.8. The summed E-state index contributed by atoms with van der Waals surface area (Å²) in [4.78, 5) is 0. The molecule has 2 nitrogen and oxygen atoms in total. The molecule has 2 aromatic carbocycles. The van der Waals surface area contributed by atoms with Crippen LogP contribution in [-0.4, -0.2) is 5.43 Å². The molecule has 202 valence electrons. The molecule has 2 aromatic rings. The zero-order chi connectivity index (χ0) is 28.0. The van der Waals surface area contributed by atoms with Gasteiger partial charge in [-0.15, -0.1) is 0 Å². The minimum absolute atomic E-state index is 0.00396. The summed E-state index contributed by atoms with van der Waals surface area (Å²) in [6.45, 7) is 17.9. The van der Waals surface area contributed by atoms with Gasteiger partial charge in [-0.2, -0.15) is 0 Å². The Balaban J connectivity index is 2.05. The van der Waals surface area contributed by atoms with E-state index in [1.165, 1.54) is 42.0 Å². The van der Waals surface area contributed by atoms with Gasteiger partial charge in [0.1, 0.15) is 0 Å². The molecule has 0 bridgehead atoms.